The number of fused-ring (bicyclic) bond motifs is 1. The molecule has 1 aliphatic rings. The fourth-order valence-electron chi connectivity index (χ4n) is 2.67. The van der Waals surface area contributed by atoms with Crippen LogP contribution >= 0.6 is 11.3 Å². The van der Waals surface area contributed by atoms with Gasteiger partial charge in [0.05, 0.1) is 5.69 Å². The molecular formula is C16H19N3OS. The number of aromatic nitrogens is 1. The highest BCUT2D eigenvalue weighted by Crippen LogP contribution is 2.29. The minimum absolute atomic E-state index is 0.0798. The summed E-state index contributed by atoms with van der Waals surface area (Å²) in [5, 5.41) is 5.41. The molecule has 5 heteroatoms. The van der Waals surface area contributed by atoms with E-state index in [0.29, 0.717) is 18.1 Å². The number of nitrogens with one attached hydrogen (secondary N) is 1. The van der Waals surface area contributed by atoms with E-state index in [0.717, 1.165) is 17.7 Å². The lowest BCUT2D eigenvalue weighted by Gasteiger charge is -2.16. The molecule has 0 saturated carbocycles. The van der Waals surface area contributed by atoms with Gasteiger partial charge in [0.25, 0.3) is 0 Å². The van der Waals surface area contributed by atoms with Gasteiger partial charge in [-0.3, -0.25) is 4.79 Å². The monoisotopic (exact) mass is 301 g/mol. The first-order valence-electron chi connectivity index (χ1n) is 7.34. The number of nitrogens with zero attached hydrogens (tertiary/aromatic N) is 1. The van der Waals surface area contributed by atoms with Gasteiger partial charge in [0.2, 0.25) is 5.91 Å². The van der Waals surface area contributed by atoms with Crippen molar-refractivity contribution in [3.63, 3.8) is 0 Å². The first-order valence-corrected chi connectivity index (χ1v) is 8.22. The number of nitrogens with two attached hydrogens (primary N) is 1. The Morgan fingerprint density at radius 3 is 2.90 bits per heavy atom. The van der Waals surface area contributed by atoms with Crippen LogP contribution in [0.1, 0.15) is 30.4 Å². The number of anilines is 1. The summed E-state index contributed by atoms with van der Waals surface area (Å²) in [5.74, 6) is -0.0798. The summed E-state index contributed by atoms with van der Waals surface area (Å²) in [6.07, 6.45) is 5.24. The van der Waals surface area contributed by atoms with Crippen LogP contribution in [-0.4, -0.2) is 17.4 Å². The molecule has 21 heavy (non-hydrogen) atoms. The minimum Gasteiger partial charge on any atom is -0.330 e. The highest BCUT2D eigenvalue weighted by atomic mass is 32.1. The largest absolute Gasteiger partial charge is 0.330 e. The van der Waals surface area contributed by atoms with Crippen molar-refractivity contribution in [1.82, 2.24) is 4.98 Å². The van der Waals surface area contributed by atoms with E-state index in [2.05, 4.69) is 28.5 Å². The van der Waals surface area contributed by atoms with Gasteiger partial charge in [-0.2, -0.15) is 0 Å². The van der Waals surface area contributed by atoms with Crippen LogP contribution in [0.25, 0.3) is 11.3 Å². The van der Waals surface area contributed by atoms with Gasteiger partial charge in [0.1, 0.15) is 0 Å². The van der Waals surface area contributed by atoms with Crippen molar-refractivity contribution in [2.75, 3.05) is 11.9 Å². The zero-order chi connectivity index (χ0) is 14.7. The lowest BCUT2D eigenvalue weighted by atomic mass is 9.90. The molecule has 0 aliphatic heterocycles. The molecule has 0 bridgehead atoms. The molecule has 0 fully saturated rings. The van der Waals surface area contributed by atoms with E-state index in [1.807, 2.05) is 5.38 Å². The number of carbonyl (C=O) groups is 1. The third-order valence-electron chi connectivity index (χ3n) is 3.77. The first-order chi connectivity index (χ1) is 10.3. The van der Waals surface area contributed by atoms with Crippen LogP contribution in [0.4, 0.5) is 5.13 Å². The average Bonchev–Trinajstić information content (AvgIpc) is 2.95. The van der Waals surface area contributed by atoms with Crippen LogP contribution in [0.3, 0.4) is 0 Å². The maximum absolute atomic E-state index is 11.5. The molecule has 1 aliphatic carbocycles. The van der Waals surface area contributed by atoms with Crippen LogP contribution in [0.2, 0.25) is 0 Å². The van der Waals surface area contributed by atoms with Crippen molar-refractivity contribution >= 4 is 22.4 Å². The Balaban J connectivity index is 1.78. The summed E-state index contributed by atoms with van der Waals surface area (Å²) in [4.78, 5) is 16.0. The Morgan fingerprint density at radius 2 is 2.10 bits per heavy atom. The lowest BCUT2D eigenvalue weighted by molar-refractivity contribution is -0.116. The molecule has 0 unspecified atom stereocenters. The van der Waals surface area contributed by atoms with Crippen molar-refractivity contribution in [3.05, 3.63) is 34.7 Å². The quantitative estimate of drug-likeness (QED) is 0.912. The van der Waals surface area contributed by atoms with E-state index in [9.17, 15) is 4.79 Å². The van der Waals surface area contributed by atoms with E-state index in [-0.39, 0.29) is 5.91 Å². The zero-order valence-corrected chi connectivity index (χ0v) is 12.7. The molecule has 3 rings (SSSR count). The number of amides is 1. The van der Waals surface area contributed by atoms with Gasteiger partial charge in [0.15, 0.2) is 5.13 Å². The van der Waals surface area contributed by atoms with Crippen molar-refractivity contribution in [3.8, 4) is 11.3 Å². The molecule has 0 saturated heterocycles. The summed E-state index contributed by atoms with van der Waals surface area (Å²) in [6, 6.07) is 6.59. The highest BCUT2D eigenvalue weighted by Gasteiger charge is 2.12. The molecular weight excluding hydrogens is 282 g/mol. The first kappa shape index (κ1) is 14.2. The summed E-state index contributed by atoms with van der Waals surface area (Å²) < 4.78 is 0. The molecule has 110 valence electrons. The van der Waals surface area contributed by atoms with Crippen molar-refractivity contribution in [1.29, 1.82) is 0 Å². The second-order valence-electron chi connectivity index (χ2n) is 5.32. The SMILES string of the molecule is NCCC(=O)Nc1nc(-c2ccc3c(c2)CCCC3)cs1. The maximum atomic E-state index is 11.5. The molecule has 1 amide bonds. The number of aryl methyl sites for hydroxylation is 2. The number of hydrogen-bond donors (Lipinski definition) is 2. The summed E-state index contributed by atoms with van der Waals surface area (Å²) >= 11 is 1.45. The summed E-state index contributed by atoms with van der Waals surface area (Å²) in [5.41, 5.74) is 10.3. The Morgan fingerprint density at radius 1 is 1.29 bits per heavy atom. The molecule has 0 spiro atoms. The molecule has 1 heterocycles. The number of carbonyl (C=O) groups excluding carboxylic acids is 1. The Hall–Kier alpha value is -1.72. The Labute approximate surface area is 128 Å². The van der Waals surface area contributed by atoms with E-state index >= 15 is 0 Å². The van der Waals surface area contributed by atoms with Gasteiger partial charge in [-0.05, 0) is 42.9 Å². The van der Waals surface area contributed by atoms with Crippen molar-refractivity contribution in [2.24, 2.45) is 5.73 Å². The van der Waals surface area contributed by atoms with Gasteiger partial charge in [-0.15, -0.1) is 11.3 Å². The molecule has 4 nitrogen and oxygen atoms in total. The minimum atomic E-state index is -0.0798. The normalized spacial score (nSPS) is 13.8. The van der Waals surface area contributed by atoms with E-state index in [1.165, 1.54) is 41.7 Å². The highest BCUT2D eigenvalue weighted by molar-refractivity contribution is 7.14. The van der Waals surface area contributed by atoms with Crippen LogP contribution in [0, 0.1) is 0 Å². The lowest BCUT2D eigenvalue weighted by Crippen LogP contribution is -2.15. The summed E-state index contributed by atoms with van der Waals surface area (Å²) in [6.45, 7) is 0.356. The molecule has 0 radical (unpaired) electrons. The van der Waals surface area contributed by atoms with Crippen LogP contribution in [-0.2, 0) is 17.6 Å². The van der Waals surface area contributed by atoms with Crippen LogP contribution in [0.5, 0.6) is 0 Å². The maximum Gasteiger partial charge on any atom is 0.227 e. The topological polar surface area (TPSA) is 68.0 Å². The van der Waals surface area contributed by atoms with Gasteiger partial charge < -0.3 is 11.1 Å². The molecule has 1 aromatic heterocycles. The fourth-order valence-corrected chi connectivity index (χ4v) is 3.41. The third kappa shape index (κ3) is 3.31. The van der Waals surface area contributed by atoms with Gasteiger partial charge in [-0.1, -0.05) is 12.1 Å². The molecule has 1 aromatic carbocycles. The second kappa shape index (κ2) is 6.37. The number of thiazole rings is 1. The third-order valence-corrected chi connectivity index (χ3v) is 4.52. The van der Waals surface area contributed by atoms with E-state index in [1.54, 1.807) is 0 Å². The Bertz CT molecular complexity index is 651. The molecule has 2 aromatic rings. The van der Waals surface area contributed by atoms with Gasteiger partial charge in [0, 0.05) is 23.9 Å². The zero-order valence-electron chi connectivity index (χ0n) is 11.9. The number of rotatable bonds is 4. The average molecular weight is 301 g/mol. The van der Waals surface area contributed by atoms with Crippen LogP contribution in [0.15, 0.2) is 23.6 Å². The number of benzene rings is 1. The molecule has 0 atom stereocenters. The van der Waals surface area contributed by atoms with Gasteiger partial charge >= 0.3 is 0 Å². The summed E-state index contributed by atoms with van der Waals surface area (Å²) in [7, 11) is 0. The number of hydrogen-bond acceptors (Lipinski definition) is 4. The Kier molecular flexibility index (Phi) is 4.31. The standard InChI is InChI=1S/C16H19N3OS/c17-8-7-15(20)19-16-18-14(10-21-16)13-6-5-11-3-1-2-4-12(11)9-13/h5-6,9-10H,1-4,7-8,17H2,(H,18,19,20). The van der Waals surface area contributed by atoms with E-state index < -0.39 is 0 Å². The predicted octanol–water partition coefficient (Wildman–Crippen LogP) is 2.98. The molecule has 3 N–H and O–H groups in total. The van der Waals surface area contributed by atoms with Gasteiger partial charge in [-0.25, -0.2) is 4.98 Å². The smallest absolute Gasteiger partial charge is 0.227 e. The van der Waals surface area contributed by atoms with Crippen molar-refractivity contribution in [2.45, 2.75) is 32.1 Å². The van der Waals surface area contributed by atoms with E-state index in [4.69, 9.17) is 5.73 Å². The fraction of sp³-hybridized carbons (Fsp3) is 0.375. The predicted molar refractivity (Wildman–Crippen MR) is 86.5 cm³/mol. The second-order valence-corrected chi connectivity index (χ2v) is 6.17. The van der Waals surface area contributed by atoms with Crippen LogP contribution < -0.4 is 11.1 Å². The van der Waals surface area contributed by atoms with Crippen molar-refractivity contribution < 1.29 is 4.79 Å².